The summed E-state index contributed by atoms with van der Waals surface area (Å²) in [6.07, 6.45) is 5.26. The number of aryl methyl sites for hydroxylation is 2. The highest BCUT2D eigenvalue weighted by Gasteiger charge is 2.03. The molecule has 3 aromatic rings. The van der Waals surface area contributed by atoms with E-state index >= 15 is 0 Å². The Morgan fingerprint density at radius 1 is 1.00 bits per heavy atom. The second-order valence-corrected chi connectivity index (χ2v) is 5.45. The maximum atomic E-state index is 12.2. The monoisotopic (exact) mass is 287 g/mol. The highest BCUT2D eigenvalue weighted by molar-refractivity contribution is 6.07. The quantitative estimate of drug-likeness (QED) is 0.514. The summed E-state index contributed by atoms with van der Waals surface area (Å²) in [5.74, 6) is 0.0226. The molecule has 0 saturated carbocycles. The Balaban J connectivity index is 1.85. The van der Waals surface area contributed by atoms with Crippen molar-refractivity contribution >= 4 is 22.8 Å². The van der Waals surface area contributed by atoms with Crippen molar-refractivity contribution in [1.29, 1.82) is 0 Å². The number of hydrogen-bond acceptors (Lipinski definition) is 2. The zero-order valence-corrected chi connectivity index (χ0v) is 12.7. The molecule has 0 atom stereocenters. The first kappa shape index (κ1) is 14.2. The Bertz CT molecular complexity index is 878. The summed E-state index contributed by atoms with van der Waals surface area (Å²) >= 11 is 0. The van der Waals surface area contributed by atoms with Gasteiger partial charge in [-0.15, -0.1) is 0 Å². The number of ketones is 1. The molecule has 0 N–H and O–H groups in total. The molecule has 2 heteroatoms. The van der Waals surface area contributed by atoms with Gasteiger partial charge in [-0.1, -0.05) is 30.3 Å². The van der Waals surface area contributed by atoms with Crippen LogP contribution in [0, 0.1) is 13.8 Å². The molecule has 0 saturated heterocycles. The van der Waals surface area contributed by atoms with E-state index in [4.69, 9.17) is 0 Å². The van der Waals surface area contributed by atoms with E-state index < -0.39 is 0 Å². The summed E-state index contributed by atoms with van der Waals surface area (Å²) in [6.45, 7) is 4.06. The van der Waals surface area contributed by atoms with E-state index in [1.165, 1.54) is 5.56 Å². The molecule has 0 radical (unpaired) electrons. The van der Waals surface area contributed by atoms with Gasteiger partial charge in [0.25, 0.3) is 0 Å². The molecule has 0 aliphatic heterocycles. The normalized spacial score (nSPS) is 11.2. The molecule has 0 bridgehead atoms. The van der Waals surface area contributed by atoms with Crippen molar-refractivity contribution < 1.29 is 4.79 Å². The molecule has 22 heavy (non-hydrogen) atoms. The van der Waals surface area contributed by atoms with Crippen molar-refractivity contribution in [3.8, 4) is 0 Å². The van der Waals surface area contributed by atoms with E-state index in [1.807, 2.05) is 68.5 Å². The topological polar surface area (TPSA) is 30.0 Å². The predicted octanol–water partition coefficient (Wildman–Crippen LogP) is 4.75. The highest BCUT2D eigenvalue weighted by atomic mass is 16.1. The van der Waals surface area contributed by atoms with Crippen LogP contribution in [0.15, 0.2) is 60.8 Å². The lowest BCUT2D eigenvalue weighted by Gasteiger charge is -2.02. The zero-order chi connectivity index (χ0) is 15.5. The van der Waals surface area contributed by atoms with E-state index in [2.05, 4.69) is 4.98 Å². The summed E-state index contributed by atoms with van der Waals surface area (Å²) < 4.78 is 0. The molecule has 0 aliphatic carbocycles. The molecule has 1 heterocycles. The van der Waals surface area contributed by atoms with Crippen LogP contribution in [-0.2, 0) is 0 Å². The second-order valence-electron chi connectivity index (χ2n) is 5.45. The van der Waals surface area contributed by atoms with E-state index in [0.717, 1.165) is 27.6 Å². The van der Waals surface area contributed by atoms with Crippen LogP contribution >= 0.6 is 0 Å². The number of hydrogen-bond donors (Lipinski definition) is 0. The number of rotatable bonds is 3. The van der Waals surface area contributed by atoms with Crippen LogP contribution in [0.1, 0.15) is 27.0 Å². The van der Waals surface area contributed by atoms with Crippen molar-refractivity contribution in [2.75, 3.05) is 0 Å². The standard InChI is InChI=1S/C20H17NO/c1-14-5-8-18(12-15(14)2)20(22)10-7-16-6-9-19-17(13-16)4-3-11-21-19/h3-13H,1-2H3/b10-7+. The fourth-order valence-electron chi connectivity index (χ4n) is 2.36. The first-order valence-corrected chi connectivity index (χ1v) is 7.28. The van der Waals surface area contributed by atoms with Crippen LogP contribution in [0.5, 0.6) is 0 Å². The smallest absolute Gasteiger partial charge is 0.185 e. The highest BCUT2D eigenvalue weighted by Crippen LogP contribution is 2.15. The maximum Gasteiger partial charge on any atom is 0.185 e. The van der Waals surface area contributed by atoms with Gasteiger partial charge in [-0.25, -0.2) is 0 Å². The van der Waals surface area contributed by atoms with Crippen LogP contribution in [-0.4, -0.2) is 10.8 Å². The minimum atomic E-state index is 0.0226. The van der Waals surface area contributed by atoms with Crippen molar-refractivity contribution in [3.05, 3.63) is 83.1 Å². The van der Waals surface area contributed by atoms with Gasteiger partial charge >= 0.3 is 0 Å². The third kappa shape index (κ3) is 2.96. The van der Waals surface area contributed by atoms with E-state index in [9.17, 15) is 4.79 Å². The number of pyridine rings is 1. The summed E-state index contributed by atoms with van der Waals surface area (Å²) in [5, 5.41) is 1.07. The number of fused-ring (bicyclic) bond motifs is 1. The van der Waals surface area contributed by atoms with Gasteiger partial charge in [-0.2, -0.15) is 0 Å². The Hall–Kier alpha value is -2.74. The summed E-state index contributed by atoms with van der Waals surface area (Å²) in [7, 11) is 0. The van der Waals surface area contributed by atoms with Gasteiger partial charge in [-0.3, -0.25) is 9.78 Å². The fraction of sp³-hybridized carbons (Fsp3) is 0.100. The molecule has 3 rings (SSSR count). The average Bonchev–Trinajstić information content (AvgIpc) is 2.55. The van der Waals surface area contributed by atoms with Crippen LogP contribution in [0.2, 0.25) is 0 Å². The summed E-state index contributed by atoms with van der Waals surface area (Å²) in [6, 6.07) is 15.7. The molecule has 0 unspecified atom stereocenters. The van der Waals surface area contributed by atoms with Crippen LogP contribution in [0.3, 0.4) is 0 Å². The van der Waals surface area contributed by atoms with E-state index in [-0.39, 0.29) is 5.78 Å². The average molecular weight is 287 g/mol. The van der Waals surface area contributed by atoms with Crippen molar-refractivity contribution in [3.63, 3.8) is 0 Å². The van der Waals surface area contributed by atoms with Gasteiger partial charge in [0.1, 0.15) is 0 Å². The van der Waals surface area contributed by atoms with Crippen LogP contribution < -0.4 is 0 Å². The van der Waals surface area contributed by atoms with E-state index in [0.29, 0.717) is 0 Å². The number of carbonyl (C=O) groups is 1. The summed E-state index contributed by atoms with van der Waals surface area (Å²) in [5.41, 5.74) is 5.01. The van der Waals surface area contributed by atoms with Gasteiger partial charge in [-0.05, 0) is 60.9 Å². The predicted molar refractivity (Wildman–Crippen MR) is 91.0 cm³/mol. The minimum absolute atomic E-state index is 0.0226. The number of carbonyl (C=O) groups excluding carboxylic acids is 1. The second kappa shape index (κ2) is 5.94. The molecular formula is C20H17NO. The Morgan fingerprint density at radius 2 is 1.86 bits per heavy atom. The molecule has 108 valence electrons. The Labute approximate surface area is 130 Å². The van der Waals surface area contributed by atoms with Crippen LogP contribution in [0.25, 0.3) is 17.0 Å². The van der Waals surface area contributed by atoms with Gasteiger partial charge in [0, 0.05) is 17.1 Å². The van der Waals surface area contributed by atoms with Gasteiger partial charge in [0.15, 0.2) is 5.78 Å². The van der Waals surface area contributed by atoms with E-state index in [1.54, 1.807) is 12.3 Å². The molecule has 0 amide bonds. The lowest BCUT2D eigenvalue weighted by Crippen LogP contribution is -1.95. The van der Waals surface area contributed by atoms with Crippen LogP contribution in [0.4, 0.5) is 0 Å². The third-order valence-electron chi connectivity index (χ3n) is 3.85. The first-order chi connectivity index (χ1) is 10.6. The molecule has 0 spiro atoms. The number of allylic oxidation sites excluding steroid dienone is 1. The van der Waals surface area contributed by atoms with Gasteiger partial charge in [0.2, 0.25) is 0 Å². The van der Waals surface area contributed by atoms with Crippen molar-refractivity contribution in [2.45, 2.75) is 13.8 Å². The largest absolute Gasteiger partial charge is 0.289 e. The lowest BCUT2D eigenvalue weighted by molar-refractivity contribution is 0.104. The Kier molecular flexibility index (Phi) is 3.84. The number of benzene rings is 2. The molecule has 2 nitrogen and oxygen atoms in total. The molecule has 0 fully saturated rings. The minimum Gasteiger partial charge on any atom is -0.289 e. The number of nitrogens with zero attached hydrogens (tertiary/aromatic N) is 1. The molecule has 2 aromatic carbocycles. The maximum absolute atomic E-state index is 12.2. The van der Waals surface area contributed by atoms with Crippen molar-refractivity contribution in [2.24, 2.45) is 0 Å². The first-order valence-electron chi connectivity index (χ1n) is 7.28. The molecule has 0 aliphatic rings. The SMILES string of the molecule is Cc1ccc(C(=O)/C=C/c2ccc3ncccc3c2)cc1C. The Morgan fingerprint density at radius 3 is 2.68 bits per heavy atom. The van der Waals surface area contributed by atoms with Crippen molar-refractivity contribution in [1.82, 2.24) is 4.98 Å². The lowest BCUT2D eigenvalue weighted by atomic mass is 10.0. The van der Waals surface area contributed by atoms with Gasteiger partial charge in [0.05, 0.1) is 5.52 Å². The fourth-order valence-corrected chi connectivity index (χ4v) is 2.36. The number of aromatic nitrogens is 1. The van der Waals surface area contributed by atoms with Gasteiger partial charge < -0.3 is 0 Å². The zero-order valence-electron chi connectivity index (χ0n) is 12.7. The molecular weight excluding hydrogens is 270 g/mol. The third-order valence-corrected chi connectivity index (χ3v) is 3.85. The molecule has 1 aromatic heterocycles. The summed E-state index contributed by atoms with van der Waals surface area (Å²) in [4.78, 5) is 16.5.